The summed E-state index contributed by atoms with van der Waals surface area (Å²) in [5, 5.41) is 0. The van der Waals surface area contributed by atoms with Crippen molar-refractivity contribution in [2.75, 3.05) is 11.9 Å². The Kier molecular flexibility index (Phi) is 4.54. The molecule has 0 aromatic heterocycles. The molecule has 0 aliphatic carbocycles. The van der Waals surface area contributed by atoms with Gasteiger partial charge in [0.15, 0.2) is 0 Å². The summed E-state index contributed by atoms with van der Waals surface area (Å²) in [5.74, 6) is -0.177. The van der Waals surface area contributed by atoms with E-state index in [9.17, 15) is 18.0 Å². The molecule has 0 N–H and O–H groups in total. The maximum atomic E-state index is 12.5. The minimum absolute atomic E-state index is 0.0580. The van der Waals surface area contributed by atoms with E-state index in [-0.39, 0.29) is 12.3 Å². The molecule has 116 valence electrons. The van der Waals surface area contributed by atoms with Crippen molar-refractivity contribution in [3.8, 4) is 0 Å². The molecule has 0 fully saturated rings. The van der Waals surface area contributed by atoms with E-state index in [1.807, 2.05) is 31.2 Å². The summed E-state index contributed by atoms with van der Waals surface area (Å²) in [6.07, 6.45) is -4.30. The molecule has 22 heavy (non-hydrogen) atoms. The van der Waals surface area contributed by atoms with Crippen LogP contribution in [0, 0.1) is 6.92 Å². The summed E-state index contributed by atoms with van der Waals surface area (Å²) in [4.78, 5) is 13.7. The largest absolute Gasteiger partial charge is 0.416 e. The molecule has 0 aliphatic rings. The van der Waals surface area contributed by atoms with Crippen LogP contribution in [0.3, 0.4) is 0 Å². The number of benzene rings is 2. The highest BCUT2D eigenvalue weighted by molar-refractivity contribution is 5.94. The summed E-state index contributed by atoms with van der Waals surface area (Å²) in [6, 6.07) is 12.1. The molecular weight excluding hydrogens is 291 g/mol. The summed E-state index contributed by atoms with van der Waals surface area (Å²) < 4.78 is 37.5. The summed E-state index contributed by atoms with van der Waals surface area (Å²) in [6.45, 7) is 1.95. The molecule has 0 spiro atoms. The van der Waals surface area contributed by atoms with Gasteiger partial charge < -0.3 is 4.90 Å². The van der Waals surface area contributed by atoms with Crippen molar-refractivity contribution >= 4 is 11.6 Å². The van der Waals surface area contributed by atoms with Gasteiger partial charge in [-0.15, -0.1) is 0 Å². The lowest BCUT2D eigenvalue weighted by molar-refractivity contribution is -0.137. The van der Waals surface area contributed by atoms with E-state index in [0.717, 1.165) is 23.4 Å². The minimum Gasteiger partial charge on any atom is -0.315 e. The van der Waals surface area contributed by atoms with Crippen molar-refractivity contribution in [3.63, 3.8) is 0 Å². The predicted molar refractivity (Wildman–Crippen MR) is 79.7 cm³/mol. The molecule has 1 amide bonds. The van der Waals surface area contributed by atoms with Crippen LogP contribution in [-0.4, -0.2) is 13.0 Å². The molecule has 2 aromatic carbocycles. The van der Waals surface area contributed by atoms with Crippen LogP contribution in [0.4, 0.5) is 18.9 Å². The van der Waals surface area contributed by atoms with Crippen LogP contribution in [-0.2, 0) is 17.4 Å². The Bertz CT molecular complexity index is 645. The van der Waals surface area contributed by atoms with Crippen molar-refractivity contribution in [1.29, 1.82) is 0 Å². The van der Waals surface area contributed by atoms with Crippen LogP contribution in [0.1, 0.15) is 16.7 Å². The average Bonchev–Trinajstić information content (AvgIpc) is 2.47. The summed E-state index contributed by atoms with van der Waals surface area (Å²) >= 11 is 0. The van der Waals surface area contributed by atoms with Crippen molar-refractivity contribution in [2.24, 2.45) is 0 Å². The zero-order valence-corrected chi connectivity index (χ0v) is 12.3. The van der Waals surface area contributed by atoms with Gasteiger partial charge >= 0.3 is 6.18 Å². The Morgan fingerprint density at radius 1 is 1.00 bits per heavy atom. The Morgan fingerprint density at radius 3 is 2.05 bits per heavy atom. The first-order valence-corrected chi connectivity index (χ1v) is 6.77. The van der Waals surface area contributed by atoms with E-state index >= 15 is 0 Å². The van der Waals surface area contributed by atoms with Gasteiger partial charge in [0.05, 0.1) is 12.0 Å². The molecule has 0 aliphatic heterocycles. The second-order valence-corrected chi connectivity index (χ2v) is 5.16. The molecule has 0 unspecified atom stereocenters. The molecule has 0 radical (unpaired) electrons. The lowest BCUT2D eigenvalue weighted by atomic mass is 10.1. The number of alkyl halides is 3. The number of anilines is 1. The topological polar surface area (TPSA) is 20.3 Å². The molecule has 2 nitrogen and oxygen atoms in total. The molecule has 0 saturated carbocycles. The Balaban J connectivity index is 2.06. The fraction of sp³-hybridized carbons (Fsp3) is 0.235. The normalized spacial score (nSPS) is 11.3. The number of carbonyl (C=O) groups excluding carboxylic acids is 1. The van der Waals surface area contributed by atoms with E-state index in [1.54, 1.807) is 7.05 Å². The van der Waals surface area contributed by atoms with E-state index in [2.05, 4.69) is 0 Å². The fourth-order valence-corrected chi connectivity index (χ4v) is 2.02. The first-order valence-electron chi connectivity index (χ1n) is 6.77. The minimum atomic E-state index is -4.36. The summed E-state index contributed by atoms with van der Waals surface area (Å²) in [7, 11) is 1.65. The van der Waals surface area contributed by atoms with Crippen molar-refractivity contribution in [3.05, 3.63) is 65.2 Å². The van der Waals surface area contributed by atoms with E-state index in [4.69, 9.17) is 0 Å². The number of amides is 1. The number of likely N-dealkylation sites (N-methyl/N-ethyl adjacent to an activating group) is 1. The quantitative estimate of drug-likeness (QED) is 0.831. The molecule has 2 aromatic rings. The molecule has 0 bridgehead atoms. The van der Waals surface area contributed by atoms with Crippen molar-refractivity contribution < 1.29 is 18.0 Å². The third kappa shape index (κ3) is 3.87. The predicted octanol–water partition coefficient (Wildman–Crippen LogP) is 4.22. The molecule has 2 rings (SSSR count). The highest BCUT2D eigenvalue weighted by Gasteiger charge is 2.30. The number of rotatable bonds is 3. The standard InChI is InChI=1S/C17H16F3NO/c1-12-3-9-15(10-4-12)21(2)16(22)11-13-5-7-14(8-6-13)17(18,19)20/h3-10H,11H2,1-2H3. The van der Waals surface area contributed by atoms with Gasteiger partial charge in [-0.3, -0.25) is 4.79 Å². The van der Waals surface area contributed by atoms with Crippen LogP contribution in [0.15, 0.2) is 48.5 Å². The first-order chi connectivity index (χ1) is 10.3. The Hall–Kier alpha value is -2.30. The van der Waals surface area contributed by atoms with Crippen LogP contribution in [0.5, 0.6) is 0 Å². The lowest BCUT2D eigenvalue weighted by Gasteiger charge is -2.17. The second-order valence-electron chi connectivity index (χ2n) is 5.16. The van der Waals surface area contributed by atoms with Gasteiger partial charge in [-0.25, -0.2) is 0 Å². The number of aryl methyl sites for hydroxylation is 1. The molecule has 0 atom stereocenters. The molecule has 5 heteroatoms. The number of carbonyl (C=O) groups is 1. The third-order valence-corrected chi connectivity index (χ3v) is 3.43. The molecule has 0 saturated heterocycles. The first kappa shape index (κ1) is 16.1. The zero-order valence-electron chi connectivity index (χ0n) is 12.3. The maximum Gasteiger partial charge on any atom is 0.416 e. The number of halogens is 3. The highest BCUT2D eigenvalue weighted by atomic mass is 19.4. The van der Waals surface area contributed by atoms with Crippen LogP contribution >= 0.6 is 0 Å². The van der Waals surface area contributed by atoms with Gasteiger partial charge in [0.1, 0.15) is 0 Å². The average molecular weight is 307 g/mol. The summed E-state index contributed by atoms with van der Waals surface area (Å²) in [5.41, 5.74) is 1.68. The van der Waals surface area contributed by atoms with Gasteiger partial charge in [-0.1, -0.05) is 29.8 Å². The van der Waals surface area contributed by atoms with Crippen molar-refractivity contribution in [1.82, 2.24) is 0 Å². The maximum absolute atomic E-state index is 12.5. The molecular formula is C17H16F3NO. The highest BCUT2D eigenvalue weighted by Crippen LogP contribution is 2.29. The van der Waals surface area contributed by atoms with Gasteiger partial charge in [0, 0.05) is 12.7 Å². The van der Waals surface area contributed by atoms with Crippen molar-refractivity contribution in [2.45, 2.75) is 19.5 Å². The monoisotopic (exact) mass is 307 g/mol. The second kappa shape index (κ2) is 6.22. The Morgan fingerprint density at radius 2 is 1.55 bits per heavy atom. The van der Waals surface area contributed by atoms with Gasteiger partial charge in [-0.2, -0.15) is 13.2 Å². The smallest absolute Gasteiger partial charge is 0.315 e. The Labute approximate surface area is 127 Å². The van der Waals surface area contributed by atoms with Crippen LogP contribution < -0.4 is 4.90 Å². The van der Waals surface area contributed by atoms with Gasteiger partial charge in [0.25, 0.3) is 0 Å². The number of nitrogens with zero attached hydrogens (tertiary/aromatic N) is 1. The lowest BCUT2D eigenvalue weighted by Crippen LogP contribution is -2.27. The third-order valence-electron chi connectivity index (χ3n) is 3.43. The van der Waals surface area contributed by atoms with E-state index in [1.165, 1.54) is 17.0 Å². The number of hydrogen-bond acceptors (Lipinski definition) is 1. The van der Waals surface area contributed by atoms with Gasteiger partial charge in [-0.05, 0) is 36.8 Å². The zero-order chi connectivity index (χ0) is 16.3. The SMILES string of the molecule is Cc1ccc(N(C)C(=O)Cc2ccc(C(F)(F)F)cc2)cc1. The van der Waals surface area contributed by atoms with E-state index in [0.29, 0.717) is 5.56 Å². The van der Waals surface area contributed by atoms with Crippen LogP contribution in [0.2, 0.25) is 0 Å². The number of hydrogen-bond donors (Lipinski definition) is 0. The van der Waals surface area contributed by atoms with Crippen LogP contribution in [0.25, 0.3) is 0 Å². The molecule has 0 heterocycles. The fourth-order valence-electron chi connectivity index (χ4n) is 2.02. The van der Waals surface area contributed by atoms with E-state index < -0.39 is 11.7 Å². The van der Waals surface area contributed by atoms with Gasteiger partial charge in [0.2, 0.25) is 5.91 Å².